The van der Waals surface area contributed by atoms with E-state index in [-0.39, 0.29) is 11.5 Å². The van der Waals surface area contributed by atoms with Gasteiger partial charge in [0.25, 0.3) is 0 Å². The molecule has 182 valence electrons. The summed E-state index contributed by atoms with van der Waals surface area (Å²) in [6, 6.07) is 0. The number of aliphatic hydroxyl groups is 1. The SMILES string of the molecule is CN(C)Cc1cn(CCO/N=C2\C=C3CCC4C5CCC(O)[C@@]5(C)CCC4[C@@]3(C)CC2)nn1. The zero-order chi connectivity index (χ0) is 23.2. The molecule has 1 aromatic rings. The molecule has 0 spiro atoms. The van der Waals surface area contributed by atoms with Gasteiger partial charge in [0.05, 0.1) is 24.1 Å². The number of hydrogen-bond acceptors (Lipinski definition) is 6. The summed E-state index contributed by atoms with van der Waals surface area (Å²) in [6.07, 6.45) is 13.5. The van der Waals surface area contributed by atoms with Crippen LogP contribution >= 0.6 is 0 Å². The Morgan fingerprint density at radius 1 is 1.15 bits per heavy atom. The highest BCUT2D eigenvalue weighted by atomic mass is 16.6. The fraction of sp³-hybridized carbons (Fsp3) is 0.808. The van der Waals surface area contributed by atoms with Gasteiger partial charge in [0.15, 0.2) is 0 Å². The van der Waals surface area contributed by atoms with Gasteiger partial charge >= 0.3 is 0 Å². The van der Waals surface area contributed by atoms with Gasteiger partial charge < -0.3 is 14.8 Å². The van der Waals surface area contributed by atoms with E-state index >= 15 is 0 Å². The third-order valence-electron chi connectivity index (χ3n) is 9.59. The normalized spacial score (nSPS) is 39.2. The second-order valence-corrected chi connectivity index (χ2v) is 11.8. The van der Waals surface area contributed by atoms with Crippen LogP contribution in [-0.4, -0.2) is 57.5 Å². The number of aromatic nitrogens is 3. The predicted molar refractivity (Wildman–Crippen MR) is 129 cm³/mol. The van der Waals surface area contributed by atoms with Crippen LogP contribution in [0.3, 0.4) is 0 Å². The van der Waals surface area contributed by atoms with Crippen molar-refractivity contribution in [1.82, 2.24) is 19.9 Å². The first-order valence-corrected chi connectivity index (χ1v) is 12.9. The van der Waals surface area contributed by atoms with Crippen molar-refractivity contribution in [2.75, 3.05) is 20.7 Å². The third-order valence-corrected chi connectivity index (χ3v) is 9.59. The molecule has 4 unspecified atom stereocenters. The van der Waals surface area contributed by atoms with Gasteiger partial charge in [0, 0.05) is 12.7 Å². The van der Waals surface area contributed by atoms with Crippen molar-refractivity contribution < 1.29 is 9.94 Å². The molecule has 3 fully saturated rings. The highest BCUT2D eigenvalue weighted by Crippen LogP contribution is 2.65. The Labute approximate surface area is 198 Å². The van der Waals surface area contributed by atoms with Crippen molar-refractivity contribution in [3.8, 4) is 0 Å². The van der Waals surface area contributed by atoms with E-state index in [0.717, 1.165) is 42.6 Å². The molecular formula is C26H41N5O2. The average molecular weight is 456 g/mol. The standard InChI is InChI=1S/C26H41N5O2/c1-25-11-9-19(28-33-14-13-31-17-20(27-29-31)16-30(3)4)15-18(25)5-6-21-22-7-8-24(32)26(22,2)12-10-23(21)25/h15,17,21-24,32H,5-14,16H2,1-4H3/b28-19-/t21?,22?,23?,24?,25-,26-/m0/s1. The Kier molecular flexibility index (Phi) is 6.15. The summed E-state index contributed by atoms with van der Waals surface area (Å²) in [7, 11) is 4.05. The van der Waals surface area contributed by atoms with Crippen LogP contribution in [0.4, 0.5) is 0 Å². The molecule has 3 saturated carbocycles. The van der Waals surface area contributed by atoms with E-state index in [1.807, 2.05) is 25.0 Å². The lowest BCUT2D eigenvalue weighted by molar-refractivity contribution is -0.0722. The molecular weight excluding hydrogens is 414 g/mol. The van der Waals surface area contributed by atoms with Crippen molar-refractivity contribution in [1.29, 1.82) is 0 Å². The number of allylic oxidation sites excluding steroid dienone is 2. The molecule has 7 nitrogen and oxygen atoms in total. The van der Waals surface area contributed by atoms with E-state index in [0.29, 0.717) is 24.5 Å². The van der Waals surface area contributed by atoms with E-state index in [4.69, 9.17) is 4.84 Å². The van der Waals surface area contributed by atoms with Crippen LogP contribution in [0.1, 0.15) is 70.9 Å². The smallest absolute Gasteiger partial charge is 0.136 e. The van der Waals surface area contributed by atoms with Crippen LogP contribution in [0.25, 0.3) is 0 Å². The number of fused-ring (bicyclic) bond motifs is 5. The minimum Gasteiger partial charge on any atom is -0.394 e. The Morgan fingerprint density at radius 2 is 2.00 bits per heavy atom. The minimum absolute atomic E-state index is 0.0903. The number of aliphatic hydroxyl groups excluding tert-OH is 1. The number of rotatable bonds is 6. The fourth-order valence-corrected chi connectivity index (χ4v) is 7.72. The van der Waals surface area contributed by atoms with E-state index < -0.39 is 0 Å². The van der Waals surface area contributed by atoms with Gasteiger partial charge in [-0.25, -0.2) is 4.68 Å². The second-order valence-electron chi connectivity index (χ2n) is 11.8. The quantitative estimate of drug-likeness (QED) is 0.518. The molecule has 0 amide bonds. The molecule has 33 heavy (non-hydrogen) atoms. The summed E-state index contributed by atoms with van der Waals surface area (Å²) >= 11 is 0. The molecule has 0 aliphatic heterocycles. The highest BCUT2D eigenvalue weighted by Gasteiger charge is 2.58. The van der Waals surface area contributed by atoms with Gasteiger partial charge in [0.1, 0.15) is 6.61 Å². The molecule has 4 aliphatic rings. The monoisotopic (exact) mass is 455 g/mol. The van der Waals surface area contributed by atoms with Gasteiger partial charge in [-0.2, -0.15) is 0 Å². The highest BCUT2D eigenvalue weighted by molar-refractivity contribution is 5.96. The van der Waals surface area contributed by atoms with Crippen LogP contribution in [0.15, 0.2) is 23.0 Å². The van der Waals surface area contributed by atoms with Crippen LogP contribution in [0.5, 0.6) is 0 Å². The average Bonchev–Trinajstić information content (AvgIpc) is 3.34. The molecule has 1 heterocycles. The summed E-state index contributed by atoms with van der Waals surface area (Å²) < 4.78 is 1.83. The van der Waals surface area contributed by atoms with Gasteiger partial charge in [-0.3, -0.25) is 0 Å². The lowest BCUT2D eigenvalue weighted by Gasteiger charge is -2.57. The Bertz CT molecular complexity index is 924. The van der Waals surface area contributed by atoms with Gasteiger partial charge in [-0.1, -0.05) is 29.8 Å². The van der Waals surface area contributed by atoms with Crippen LogP contribution < -0.4 is 0 Å². The molecule has 6 atom stereocenters. The fourth-order valence-electron chi connectivity index (χ4n) is 7.72. The van der Waals surface area contributed by atoms with E-state index in [9.17, 15) is 5.11 Å². The summed E-state index contributed by atoms with van der Waals surface area (Å²) in [6.45, 7) is 6.82. The molecule has 0 aromatic carbocycles. The first-order chi connectivity index (χ1) is 15.8. The topological polar surface area (TPSA) is 75.8 Å². The maximum Gasteiger partial charge on any atom is 0.136 e. The largest absolute Gasteiger partial charge is 0.394 e. The number of hydrogen-bond donors (Lipinski definition) is 1. The van der Waals surface area contributed by atoms with Crippen molar-refractivity contribution in [3.63, 3.8) is 0 Å². The van der Waals surface area contributed by atoms with Crippen LogP contribution in [-0.2, 0) is 17.9 Å². The minimum atomic E-state index is -0.0903. The molecule has 5 rings (SSSR count). The summed E-state index contributed by atoms with van der Waals surface area (Å²) in [5.41, 5.74) is 4.09. The maximum atomic E-state index is 10.7. The lowest BCUT2D eigenvalue weighted by atomic mass is 9.47. The Morgan fingerprint density at radius 3 is 2.82 bits per heavy atom. The second kappa shape index (κ2) is 8.81. The zero-order valence-corrected chi connectivity index (χ0v) is 20.8. The van der Waals surface area contributed by atoms with Crippen LogP contribution in [0.2, 0.25) is 0 Å². The summed E-state index contributed by atoms with van der Waals surface area (Å²) in [5.74, 6) is 2.24. The molecule has 0 bridgehead atoms. The first kappa shape index (κ1) is 23.0. The molecule has 1 N–H and O–H groups in total. The van der Waals surface area contributed by atoms with E-state index in [1.165, 1.54) is 38.5 Å². The van der Waals surface area contributed by atoms with E-state index in [1.54, 1.807) is 5.57 Å². The van der Waals surface area contributed by atoms with Crippen molar-refractivity contribution in [2.24, 2.45) is 33.7 Å². The van der Waals surface area contributed by atoms with Gasteiger partial charge in [-0.15, -0.1) is 5.10 Å². The Balaban J connectivity index is 1.20. The van der Waals surface area contributed by atoms with Gasteiger partial charge in [-0.05, 0) is 100 Å². The first-order valence-electron chi connectivity index (χ1n) is 12.9. The number of oxime groups is 1. The number of nitrogens with zero attached hydrogens (tertiary/aromatic N) is 5. The molecule has 1 aromatic heterocycles. The molecule has 4 aliphatic carbocycles. The molecule has 0 radical (unpaired) electrons. The van der Waals surface area contributed by atoms with Crippen molar-refractivity contribution in [2.45, 2.75) is 84.4 Å². The molecule has 0 saturated heterocycles. The Hall–Kier alpha value is -1.73. The third kappa shape index (κ3) is 4.16. The zero-order valence-electron chi connectivity index (χ0n) is 20.8. The maximum absolute atomic E-state index is 10.7. The van der Waals surface area contributed by atoms with E-state index in [2.05, 4.69) is 40.3 Å². The predicted octanol–water partition coefficient (Wildman–Crippen LogP) is 4.04. The van der Waals surface area contributed by atoms with Gasteiger partial charge in [0.2, 0.25) is 0 Å². The summed E-state index contributed by atoms with van der Waals surface area (Å²) in [4.78, 5) is 7.77. The molecule has 7 heteroatoms. The lowest BCUT2D eigenvalue weighted by Crippen LogP contribution is -2.51. The van der Waals surface area contributed by atoms with Crippen molar-refractivity contribution >= 4 is 5.71 Å². The summed E-state index contributed by atoms with van der Waals surface area (Å²) in [5, 5.41) is 23.5. The van der Waals surface area contributed by atoms with Crippen molar-refractivity contribution in [3.05, 3.63) is 23.5 Å². The van der Waals surface area contributed by atoms with Crippen LogP contribution in [0, 0.1) is 28.6 Å².